The van der Waals surface area contributed by atoms with Crippen LogP contribution in [0.2, 0.25) is 0 Å². The maximum Gasteiger partial charge on any atom is 0.252 e. The predicted octanol–water partition coefficient (Wildman–Crippen LogP) is 0.0810. The minimum Gasteiger partial charge on any atom is -0.313 e. The van der Waals surface area contributed by atoms with Crippen LogP contribution in [0.15, 0.2) is 24.3 Å². The van der Waals surface area contributed by atoms with Gasteiger partial charge in [-0.15, -0.1) is 0 Å². The standard InChI is InChI=1S/C16H17N3O3/c1-8-11-12(14(21)19(3)13(11)20)16(17-8)9-6-4-5-7-10(9)18(2)15(16)22/h4-8,11-12,17H,1-3H3. The summed E-state index contributed by atoms with van der Waals surface area (Å²) in [5.74, 6) is -1.79. The number of carbonyl (C=O) groups excluding carboxylic acids is 3. The van der Waals surface area contributed by atoms with Crippen LogP contribution in [-0.4, -0.2) is 42.8 Å². The van der Waals surface area contributed by atoms with Crippen molar-refractivity contribution in [3.63, 3.8) is 0 Å². The van der Waals surface area contributed by atoms with Crippen molar-refractivity contribution in [2.75, 3.05) is 19.0 Å². The van der Waals surface area contributed by atoms with Crippen LogP contribution in [0.4, 0.5) is 5.69 Å². The Hall–Kier alpha value is -2.21. The van der Waals surface area contributed by atoms with Crippen LogP contribution >= 0.6 is 0 Å². The third kappa shape index (κ3) is 1.23. The molecule has 3 heterocycles. The van der Waals surface area contributed by atoms with E-state index < -0.39 is 17.4 Å². The van der Waals surface area contributed by atoms with Crippen molar-refractivity contribution in [2.45, 2.75) is 18.5 Å². The van der Waals surface area contributed by atoms with Crippen LogP contribution in [0.5, 0.6) is 0 Å². The molecule has 3 amide bonds. The van der Waals surface area contributed by atoms with E-state index in [0.717, 1.165) is 11.3 Å². The fourth-order valence-electron chi connectivity index (χ4n) is 4.36. The number of hydrogen-bond donors (Lipinski definition) is 1. The summed E-state index contributed by atoms with van der Waals surface area (Å²) in [7, 11) is 3.21. The Morgan fingerprint density at radius 2 is 1.73 bits per heavy atom. The number of anilines is 1. The first kappa shape index (κ1) is 13.5. The molecule has 1 spiro atoms. The van der Waals surface area contributed by atoms with Gasteiger partial charge < -0.3 is 4.90 Å². The monoisotopic (exact) mass is 299 g/mol. The molecule has 4 unspecified atom stereocenters. The van der Waals surface area contributed by atoms with E-state index in [9.17, 15) is 14.4 Å². The third-order valence-electron chi connectivity index (χ3n) is 5.36. The number of imide groups is 1. The first-order chi connectivity index (χ1) is 10.4. The van der Waals surface area contributed by atoms with Gasteiger partial charge >= 0.3 is 0 Å². The number of rotatable bonds is 0. The molecule has 4 atom stereocenters. The third-order valence-corrected chi connectivity index (χ3v) is 5.36. The lowest BCUT2D eigenvalue weighted by molar-refractivity contribution is -0.141. The molecule has 3 aliphatic rings. The van der Waals surface area contributed by atoms with E-state index in [4.69, 9.17) is 0 Å². The number of nitrogens with zero attached hydrogens (tertiary/aromatic N) is 2. The molecule has 0 aromatic heterocycles. The molecule has 2 fully saturated rings. The summed E-state index contributed by atoms with van der Waals surface area (Å²) in [6.07, 6.45) is 0. The van der Waals surface area contributed by atoms with Crippen LogP contribution in [0.3, 0.4) is 0 Å². The van der Waals surface area contributed by atoms with Gasteiger partial charge in [0, 0.05) is 31.4 Å². The van der Waals surface area contributed by atoms with Gasteiger partial charge in [0.15, 0.2) is 0 Å². The lowest BCUT2D eigenvalue weighted by Gasteiger charge is -2.29. The maximum atomic E-state index is 13.0. The lowest BCUT2D eigenvalue weighted by atomic mass is 9.76. The number of para-hydroxylation sites is 1. The number of benzene rings is 1. The summed E-state index contributed by atoms with van der Waals surface area (Å²) in [5, 5.41) is 3.29. The molecule has 0 saturated carbocycles. The summed E-state index contributed by atoms with van der Waals surface area (Å²) in [4.78, 5) is 40.8. The lowest BCUT2D eigenvalue weighted by Crippen LogP contribution is -2.54. The van der Waals surface area contributed by atoms with Crippen molar-refractivity contribution in [1.29, 1.82) is 0 Å². The van der Waals surface area contributed by atoms with E-state index >= 15 is 0 Å². The average molecular weight is 299 g/mol. The zero-order chi connectivity index (χ0) is 15.8. The number of nitrogens with one attached hydrogen (secondary N) is 1. The molecule has 6 heteroatoms. The van der Waals surface area contributed by atoms with Crippen molar-refractivity contribution >= 4 is 23.4 Å². The Morgan fingerprint density at radius 1 is 1.05 bits per heavy atom. The van der Waals surface area contributed by atoms with Gasteiger partial charge in [-0.05, 0) is 13.0 Å². The molecule has 1 aromatic carbocycles. The van der Waals surface area contributed by atoms with Crippen LogP contribution in [0.25, 0.3) is 0 Å². The van der Waals surface area contributed by atoms with E-state index in [0.29, 0.717) is 0 Å². The molecule has 0 bridgehead atoms. The normalized spacial score (nSPS) is 36.5. The molecule has 3 aliphatic heterocycles. The van der Waals surface area contributed by atoms with Gasteiger partial charge in [-0.1, -0.05) is 18.2 Å². The second kappa shape index (κ2) is 3.95. The first-order valence-corrected chi connectivity index (χ1v) is 7.38. The van der Waals surface area contributed by atoms with Gasteiger partial charge in [-0.3, -0.25) is 24.6 Å². The van der Waals surface area contributed by atoms with Gasteiger partial charge in [-0.25, -0.2) is 0 Å². The Balaban J connectivity index is 1.98. The van der Waals surface area contributed by atoms with Gasteiger partial charge in [0.2, 0.25) is 11.8 Å². The van der Waals surface area contributed by atoms with Crippen LogP contribution in [0.1, 0.15) is 12.5 Å². The van der Waals surface area contributed by atoms with Gasteiger partial charge in [0.25, 0.3) is 5.91 Å². The summed E-state index contributed by atoms with van der Waals surface area (Å²) >= 11 is 0. The highest BCUT2D eigenvalue weighted by molar-refractivity contribution is 6.15. The van der Waals surface area contributed by atoms with Crippen molar-refractivity contribution in [3.05, 3.63) is 29.8 Å². The van der Waals surface area contributed by atoms with E-state index in [2.05, 4.69) is 5.32 Å². The fourth-order valence-corrected chi connectivity index (χ4v) is 4.36. The number of fused-ring (bicyclic) bond motifs is 4. The number of likely N-dealkylation sites (N-methyl/N-ethyl adjacent to an activating group) is 1. The number of likely N-dealkylation sites (tertiary alicyclic amines) is 1. The van der Waals surface area contributed by atoms with Gasteiger partial charge in [0.1, 0.15) is 5.54 Å². The summed E-state index contributed by atoms with van der Waals surface area (Å²) in [6.45, 7) is 1.87. The zero-order valence-corrected chi connectivity index (χ0v) is 12.7. The van der Waals surface area contributed by atoms with Gasteiger partial charge in [0.05, 0.1) is 11.8 Å². The molecule has 0 radical (unpaired) electrons. The number of hydrogen-bond acceptors (Lipinski definition) is 4. The minimum atomic E-state index is -1.12. The highest BCUT2D eigenvalue weighted by Crippen LogP contribution is 2.53. The van der Waals surface area contributed by atoms with E-state index in [-0.39, 0.29) is 23.8 Å². The Labute approximate surface area is 128 Å². The molecule has 1 aromatic rings. The SMILES string of the molecule is CC1NC2(C(=O)N(C)c3ccccc32)C2C(=O)N(C)C(=O)C12. The predicted molar refractivity (Wildman–Crippen MR) is 78.9 cm³/mol. The van der Waals surface area contributed by atoms with Crippen molar-refractivity contribution in [3.8, 4) is 0 Å². The first-order valence-electron chi connectivity index (χ1n) is 7.38. The summed E-state index contributed by atoms with van der Waals surface area (Å²) in [6, 6.07) is 7.24. The molecule has 6 nitrogen and oxygen atoms in total. The number of amides is 3. The van der Waals surface area contributed by atoms with Crippen molar-refractivity contribution in [2.24, 2.45) is 11.8 Å². The second-order valence-electron chi connectivity index (χ2n) is 6.36. The average Bonchev–Trinajstić information content (AvgIpc) is 3.03. The Kier molecular flexibility index (Phi) is 2.42. The molecule has 2 saturated heterocycles. The topological polar surface area (TPSA) is 69.7 Å². The zero-order valence-electron chi connectivity index (χ0n) is 12.7. The minimum absolute atomic E-state index is 0.163. The molecular weight excluding hydrogens is 282 g/mol. The van der Waals surface area contributed by atoms with E-state index in [1.807, 2.05) is 31.2 Å². The largest absolute Gasteiger partial charge is 0.313 e. The summed E-state index contributed by atoms with van der Waals surface area (Å²) < 4.78 is 0. The smallest absolute Gasteiger partial charge is 0.252 e. The van der Waals surface area contributed by atoms with Crippen LogP contribution in [-0.2, 0) is 19.9 Å². The van der Waals surface area contributed by atoms with E-state index in [1.54, 1.807) is 11.9 Å². The van der Waals surface area contributed by atoms with Crippen molar-refractivity contribution in [1.82, 2.24) is 10.2 Å². The highest BCUT2D eigenvalue weighted by atomic mass is 16.2. The molecule has 0 aliphatic carbocycles. The van der Waals surface area contributed by atoms with Crippen molar-refractivity contribution < 1.29 is 14.4 Å². The van der Waals surface area contributed by atoms with Gasteiger partial charge in [-0.2, -0.15) is 0 Å². The molecular formula is C16H17N3O3. The highest BCUT2D eigenvalue weighted by Gasteiger charge is 2.69. The number of carbonyl (C=O) groups is 3. The Morgan fingerprint density at radius 3 is 2.45 bits per heavy atom. The molecule has 4 rings (SSSR count). The van der Waals surface area contributed by atoms with Crippen LogP contribution < -0.4 is 10.2 Å². The maximum absolute atomic E-state index is 13.0. The fraction of sp³-hybridized carbons (Fsp3) is 0.438. The Bertz CT molecular complexity index is 731. The van der Waals surface area contributed by atoms with Crippen LogP contribution in [0, 0.1) is 11.8 Å². The van der Waals surface area contributed by atoms with E-state index in [1.165, 1.54) is 11.9 Å². The quantitative estimate of drug-likeness (QED) is 0.689. The molecule has 1 N–H and O–H groups in total. The molecule has 114 valence electrons. The molecule has 22 heavy (non-hydrogen) atoms. The second-order valence-corrected chi connectivity index (χ2v) is 6.36. The summed E-state index contributed by atoms with van der Waals surface area (Å²) in [5.41, 5.74) is 0.466.